The standard InChI is InChI=1S/C18H23N3O3S/c1-23-14-3-5-15(6-4-14)24-17-11-13(7-9-20-17)12-21-18(22)16(19)8-10-25-2/h3-7,9,11,16H,8,10,12,19H2,1-2H3,(H,21,22)/t16-/m0/s1. The van der Waals surface area contributed by atoms with Gasteiger partial charge in [0.15, 0.2) is 0 Å². The molecule has 1 atom stereocenters. The van der Waals surface area contributed by atoms with Crippen molar-refractivity contribution in [3.8, 4) is 17.4 Å². The van der Waals surface area contributed by atoms with Crippen molar-refractivity contribution in [1.29, 1.82) is 0 Å². The molecule has 0 bridgehead atoms. The minimum Gasteiger partial charge on any atom is -0.497 e. The van der Waals surface area contributed by atoms with Gasteiger partial charge in [-0.05, 0) is 54.3 Å². The summed E-state index contributed by atoms with van der Waals surface area (Å²) in [5.41, 5.74) is 6.74. The molecule has 0 saturated carbocycles. The Balaban J connectivity index is 1.90. The van der Waals surface area contributed by atoms with Crippen LogP contribution in [0.25, 0.3) is 0 Å². The van der Waals surface area contributed by atoms with Gasteiger partial charge in [-0.1, -0.05) is 0 Å². The third-order valence-corrected chi connectivity index (χ3v) is 4.16. The van der Waals surface area contributed by atoms with E-state index in [1.807, 2.05) is 24.5 Å². The summed E-state index contributed by atoms with van der Waals surface area (Å²) in [6, 6.07) is 10.4. The number of amides is 1. The second kappa shape index (κ2) is 9.90. The molecule has 6 nitrogen and oxygen atoms in total. The van der Waals surface area contributed by atoms with Gasteiger partial charge in [-0.25, -0.2) is 4.98 Å². The predicted molar refractivity (Wildman–Crippen MR) is 100 cm³/mol. The quantitative estimate of drug-likeness (QED) is 0.714. The number of ether oxygens (including phenoxy) is 2. The minimum atomic E-state index is -0.482. The number of hydrogen-bond acceptors (Lipinski definition) is 6. The van der Waals surface area contributed by atoms with Crippen LogP contribution in [0.15, 0.2) is 42.6 Å². The molecule has 25 heavy (non-hydrogen) atoms. The van der Waals surface area contributed by atoms with E-state index < -0.39 is 6.04 Å². The average molecular weight is 361 g/mol. The number of benzene rings is 1. The largest absolute Gasteiger partial charge is 0.497 e. The lowest BCUT2D eigenvalue weighted by molar-refractivity contribution is -0.122. The van der Waals surface area contributed by atoms with Gasteiger partial charge < -0.3 is 20.5 Å². The van der Waals surface area contributed by atoms with Crippen molar-refractivity contribution in [3.63, 3.8) is 0 Å². The fourth-order valence-electron chi connectivity index (χ4n) is 2.08. The SMILES string of the molecule is COc1ccc(Oc2cc(CNC(=O)[C@@H](N)CCSC)ccn2)cc1. The van der Waals surface area contributed by atoms with Crippen LogP contribution in [0.4, 0.5) is 0 Å². The molecule has 0 spiro atoms. The van der Waals surface area contributed by atoms with Gasteiger partial charge >= 0.3 is 0 Å². The summed E-state index contributed by atoms with van der Waals surface area (Å²) in [6.07, 6.45) is 4.30. The Morgan fingerprint density at radius 2 is 2.00 bits per heavy atom. The van der Waals surface area contributed by atoms with E-state index >= 15 is 0 Å². The van der Waals surface area contributed by atoms with Crippen LogP contribution in [0.5, 0.6) is 17.4 Å². The van der Waals surface area contributed by atoms with Gasteiger partial charge in [0.05, 0.1) is 13.2 Å². The molecule has 0 saturated heterocycles. The Labute approximate surface area is 152 Å². The number of hydrogen-bond donors (Lipinski definition) is 2. The van der Waals surface area contributed by atoms with Crippen molar-refractivity contribution in [1.82, 2.24) is 10.3 Å². The minimum absolute atomic E-state index is 0.150. The molecule has 134 valence electrons. The number of rotatable bonds is 9. The van der Waals surface area contributed by atoms with Crippen LogP contribution in [0.3, 0.4) is 0 Å². The maximum Gasteiger partial charge on any atom is 0.237 e. The molecule has 2 aromatic rings. The molecule has 1 amide bonds. The lowest BCUT2D eigenvalue weighted by Gasteiger charge is -2.12. The lowest BCUT2D eigenvalue weighted by atomic mass is 10.2. The van der Waals surface area contributed by atoms with E-state index in [2.05, 4.69) is 10.3 Å². The number of nitrogens with zero attached hydrogens (tertiary/aromatic N) is 1. The van der Waals surface area contributed by atoms with Crippen LogP contribution in [0.1, 0.15) is 12.0 Å². The summed E-state index contributed by atoms with van der Waals surface area (Å²) in [5.74, 6) is 2.60. The van der Waals surface area contributed by atoms with Crippen molar-refractivity contribution in [2.75, 3.05) is 19.1 Å². The van der Waals surface area contributed by atoms with Gasteiger partial charge in [-0.3, -0.25) is 4.79 Å². The highest BCUT2D eigenvalue weighted by Gasteiger charge is 2.12. The zero-order valence-electron chi connectivity index (χ0n) is 14.4. The molecule has 0 aliphatic rings. The molecular weight excluding hydrogens is 338 g/mol. The Bertz CT molecular complexity index is 680. The van der Waals surface area contributed by atoms with Crippen LogP contribution in [-0.2, 0) is 11.3 Å². The zero-order chi connectivity index (χ0) is 18.1. The third-order valence-electron chi connectivity index (χ3n) is 3.52. The molecule has 0 unspecified atom stereocenters. The van der Waals surface area contributed by atoms with E-state index in [9.17, 15) is 4.79 Å². The second-order valence-electron chi connectivity index (χ2n) is 5.39. The van der Waals surface area contributed by atoms with Gasteiger partial charge in [0, 0.05) is 18.8 Å². The van der Waals surface area contributed by atoms with E-state index in [0.717, 1.165) is 17.1 Å². The zero-order valence-corrected chi connectivity index (χ0v) is 15.2. The number of carbonyl (C=O) groups excluding carboxylic acids is 1. The Hall–Kier alpha value is -2.25. The van der Waals surface area contributed by atoms with Gasteiger partial charge in [0.2, 0.25) is 11.8 Å². The monoisotopic (exact) mass is 361 g/mol. The van der Waals surface area contributed by atoms with Crippen LogP contribution in [-0.4, -0.2) is 36.1 Å². The molecule has 0 aliphatic heterocycles. The van der Waals surface area contributed by atoms with Crippen LogP contribution >= 0.6 is 11.8 Å². The van der Waals surface area contributed by atoms with E-state index in [0.29, 0.717) is 24.6 Å². The maximum atomic E-state index is 12.0. The molecular formula is C18H23N3O3S. The van der Waals surface area contributed by atoms with E-state index in [1.54, 1.807) is 43.3 Å². The second-order valence-corrected chi connectivity index (χ2v) is 6.37. The topological polar surface area (TPSA) is 86.5 Å². The highest BCUT2D eigenvalue weighted by atomic mass is 32.2. The molecule has 0 fully saturated rings. The van der Waals surface area contributed by atoms with Crippen molar-refractivity contribution < 1.29 is 14.3 Å². The molecule has 2 rings (SSSR count). The number of aromatic nitrogens is 1. The summed E-state index contributed by atoms with van der Waals surface area (Å²) in [5, 5.41) is 2.84. The molecule has 1 aromatic carbocycles. The molecule has 0 radical (unpaired) electrons. The molecule has 3 N–H and O–H groups in total. The Morgan fingerprint density at radius 3 is 2.68 bits per heavy atom. The van der Waals surface area contributed by atoms with Crippen LogP contribution in [0.2, 0.25) is 0 Å². The Morgan fingerprint density at radius 1 is 1.28 bits per heavy atom. The third kappa shape index (κ3) is 6.28. The first-order valence-corrected chi connectivity index (χ1v) is 9.31. The number of thioether (sulfide) groups is 1. The van der Waals surface area contributed by atoms with Gasteiger partial charge in [-0.2, -0.15) is 11.8 Å². The predicted octanol–water partition coefficient (Wildman–Crippen LogP) is 2.58. The van der Waals surface area contributed by atoms with E-state index in [1.165, 1.54) is 0 Å². The molecule has 1 heterocycles. The summed E-state index contributed by atoms with van der Waals surface area (Å²) >= 11 is 1.67. The fraction of sp³-hybridized carbons (Fsp3) is 0.333. The Kier molecular flexibility index (Phi) is 7.56. The lowest BCUT2D eigenvalue weighted by Crippen LogP contribution is -2.40. The van der Waals surface area contributed by atoms with Gasteiger partial charge in [0.25, 0.3) is 0 Å². The maximum absolute atomic E-state index is 12.0. The molecule has 1 aromatic heterocycles. The van der Waals surface area contributed by atoms with Gasteiger partial charge in [0.1, 0.15) is 11.5 Å². The van der Waals surface area contributed by atoms with Crippen molar-refractivity contribution >= 4 is 17.7 Å². The summed E-state index contributed by atoms with van der Waals surface area (Å²) in [6.45, 7) is 0.382. The fourth-order valence-corrected chi connectivity index (χ4v) is 2.57. The molecule has 0 aliphatic carbocycles. The summed E-state index contributed by atoms with van der Waals surface area (Å²) in [7, 11) is 1.61. The van der Waals surface area contributed by atoms with Crippen molar-refractivity contribution in [3.05, 3.63) is 48.2 Å². The number of methoxy groups -OCH3 is 1. The average Bonchev–Trinajstić information content (AvgIpc) is 2.65. The highest BCUT2D eigenvalue weighted by Crippen LogP contribution is 2.22. The first-order chi connectivity index (χ1) is 12.1. The van der Waals surface area contributed by atoms with Crippen LogP contribution in [0, 0.1) is 0 Å². The van der Waals surface area contributed by atoms with Gasteiger partial charge in [-0.15, -0.1) is 0 Å². The number of pyridine rings is 1. The van der Waals surface area contributed by atoms with E-state index in [4.69, 9.17) is 15.2 Å². The number of carbonyl (C=O) groups is 1. The normalized spacial score (nSPS) is 11.6. The van der Waals surface area contributed by atoms with Crippen molar-refractivity contribution in [2.24, 2.45) is 5.73 Å². The number of nitrogens with two attached hydrogens (primary N) is 1. The van der Waals surface area contributed by atoms with E-state index in [-0.39, 0.29) is 5.91 Å². The van der Waals surface area contributed by atoms with Crippen LogP contribution < -0.4 is 20.5 Å². The smallest absolute Gasteiger partial charge is 0.237 e. The summed E-state index contributed by atoms with van der Waals surface area (Å²) < 4.78 is 10.8. The molecule has 7 heteroatoms. The first-order valence-electron chi connectivity index (χ1n) is 7.91. The summed E-state index contributed by atoms with van der Waals surface area (Å²) in [4.78, 5) is 16.1. The van der Waals surface area contributed by atoms with Crippen molar-refractivity contribution in [2.45, 2.75) is 19.0 Å². The number of nitrogens with one attached hydrogen (secondary N) is 1. The first kappa shape index (κ1) is 19.1. The highest BCUT2D eigenvalue weighted by molar-refractivity contribution is 7.98.